The van der Waals surface area contributed by atoms with E-state index in [4.69, 9.17) is 0 Å². The minimum atomic E-state index is -0.526. The van der Waals surface area contributed by atoms with E-state index < -0.39 is 5.41 Å². The molecule has 7 rings (SSSR count). The van der Waals surface area contributed by atoms with E-state index in [1.807, 2.05) is 18.2 Å². The predicted octanol–water partition coefficient (Wildman–Crippen LogP) is 5.44. The Morgan fingerprint density at radius 2 is 1.53 bits per heavy atom. The number of fused-ring (bicyclic) bond motifs is 2. The quantitative estimate of drug-likeness (QED) is 0.630. The summed E-state index contributed by atoms with van der Waals surface area (Å²) < 4.78 is 0. The number of nitrogens with one attached hydrogen (secondary N) is 1. The molecule has 1 unspecified atom stereocenters. The van der Waals surface area contributed by atoms with Gasteiger partial charge in [0, 0.05) is 29.5 Å². The zero-order valence-corrected chi connectivity index (χ0v) is 16.9. The largest absolute Gasteiger partial charge is 0.326 e. The fourth-order valence-electron chi connectivity index (χ4n) is 6.00. The molecule has 1 N–H and O–H groups in total. The summed E-state index contributed by atoms with van der Waals surface area (Å²) in [6, 6.07) is 22.9. The predicted molar refractivity (Wildman–Crippen MR) is 117 cm³/mol. The molecule has 2 bridgehead atoms. The molecule has 4 aliphatic rings. The van der Waals surface area contributed by atoms with Crippen LogP contribution in [0.1, 0.15) is 69.8 Å². The number of benzene rings is 3. The molecule has 0 saturated heterocycles. The topological polar surface area (TPSA) is 46.2 Å². The number of amides is 1. The lowest BCUT2D eigenvalue weighted by atomic mass is 9.52. The van der Waals surface area contributed by atoms with Crippen molar-refractivity contribution in [3.8, 4) is 0 Å². The second-order valence-electron chi connectivity index (χ2n) is 9.11. The van der Waals surface area contributed by atoms with Crippen molar-refractivity contribution in [3.63, 3.8) is 0 Å². The number of Topliss-reactive ketones (excluding diaryl/α,β-unsaturated/α-hetero) is 1. The fourth-order valence-corrected chi connectivity index (χ4v) is 6.00. The fraction of sp³-hybridized carbons (Fsp3) is 0.259. The van der Waals surface area contributed by atoms with Crippen LogP contribution < -0.4 is 5.32 Å². The molecule has 30 heavy (non-hydrogen) atoms. The van der Waals surface area contributed by atoms with Gasteiger partial charge < -0.3 is 5.32 Å². The van der Waals surface area contributed by atoms with Crippen LogP contribution in [-0.4, -0.2) is 11.7 Å². The van der Waals surface area contributed by atoms with Crippen LogP contribution in [0, 0.1) is 5.41 Å². The van der Waals surface area contributed by atoms with Gasteiger partial charge in [-0.15, -0.1) is 0 Å². The highest BCUT2D eigenvalue weighted by Gasteiger charge is 2.53. The SMILES string of the molecule is CC1(C(=O)Nc2ccc3c(c2)CCC3=O)CC2c3ccccc3C1c1ccccc12. The summed E-state index contributed by atoms with van der Waals surface area (Å²) in [7, 11) is 0. The van der Waals surface area contributed by atoms with Crippen molar-refractivity contribution < 1.29 is 9.59 Å². The normalized spacial score (nSPS) is 25.4. The van der Waals surface area contributed by atoms with Gasteiger partial charge in [-0.1, -0.05) is 48.5 Å². The first-order valence-corrected chi connectivity index (χ1v) is 10.7. The highest BCUT2D eigenvalue weighted by atomic mass is 16.2. The third-order valence-corrected chi connectivity index (χ3v) is 7.43. The van der Waals surface area contributed by atoms with Gasteiger partial charge in [0.2, 0.25) is 5.91 Å². The van der Waals surface area contributed by atoms with Gasteiger partial charge in [0.25, 0.3) is 0 Å². The number of anilines is 1. The molecule has 0 aromatic heterocycles. The number of aryl methyl sites for hydroxylation is 1. The second-order valence-corrected chi connectivity index (χ2v) is 9.11. The van der Waals surface area contributed by atoms with Crippen molar-refractivity contribution in [2.24, 2.45) is 5.41 Å². The Balaban J connectivity index is 1.40. The molecule has 0 aliphatic heterocycles. The van der Waals surface area contributed by atoms with Gasteiger partial charge in [0.1, 0.15) is 0 Å². The van der Waals surface area contributed by atoms with Gasteiger partial charge in [-0.05, 0) is 65.8 Å². The molecule has 0 spiro atoms. The van der Waals surface area contributed by atoms with Crippen LogP contribution in [0.5, 0.6) is 0 Å². The highest BCUT2D eigenvalue weighted by Crippen LogP contribution is 2.61. The molecule has 148 valence electrons. The Morgan fingerprint density at radius 1 is 0.900 bits per heavy atom. The van der Waals surface area contributed by atoms with Crippen LogP contribution in [0.2, 0.25) is 0 Å². The van der Waals surface area contributed by atoms with E-state index in [0.29, 0.717) is 6.42 Å². The van der Waals surface area contributed by atoms with Crippen LogP contribution in [0.15, 0.2) is 66.7 Å². The summed E-state index contributed by atoms with van der Waals surface area (Å²) in [6.45, 7) is 2.11. The third-order valence-electron chi connectivity index (χ3n) is 7.43. The first kappa shape index (κ1) is 17.6. The van der Waals surface area contributed by atoms with E-state index in [1.54, 1.807) is 0 Å². The monoisotopic (exact) mass is 393 g/mol. The van der Waals surface area contributed by atoms with Crippen molar-refractivity contribution >= 4 is 17.4 Å². The summed E-state index contributed by atoms with van der Waals surface area (Å²) in [4.78, 5) is 25.6. The molecule has 0 fully saturated rings. The van der Waals surface area contributed by atoms with E-state index in [9.17, 15) is 9.59 Å². The molecule has 1 atom stereocenters. The van der Waals surface area contributed by atoms with Crippen molar-refractivity contribution in [3.05, 3.63) is 100 Å². The van der Waals surface area contributed by atoms with E-state index in [-0.39, 0.29) is 23.5 Å². The van der Waals surface area contributed by atoms with Gasteiger partial charge in [0.05, 0.1) is 5.41 Å². The molecule has 3 nitrogen and oxygen atoms in total. The lowest BCUT2D eigenvalue weighted by molar-refractivity contribution is -0.126. The van der Waals surface area contributed by atoms with Gasteiger partial charge in [-0.2, -0.15) is 0 Å². The highest BCUT2D eigenvalue weighted by molar-refractivity contribution is 6.02. The van der Waals surface area contributed by atoms with E-state index in [1.165, 1.54) is 22.3 Å². The smallest absolute Gasteiger partial charge is 0.231 e. The van der Waals surface area contributed by atoms with Crippen molar-refractivity contribution in [2.75, 3.05) is 5.32 Å². The van der Waals surface area contributed by atoms with Crippen molar-refractivity contribution in [1.82, 2.24) is 0 Å². The Morgan fingerprint density at radius 3 is 2.20 bits per heavy atom. The van der Waals surface area contributed by atoms with Crippen LogP contribution >= 0.6 is 0 Å². The zero-order valence-electron chi connectivity index (χ0n) is 16.9. The van der Waals surface area contributed by atoms with Crippen LogP contribution in [0.25, 0.3) is 0 Å². The molecule has 0 radical (unpaired) electrons. The average molecular weight is 393 g/mol. The molecule has 0 heterocycles. The lowest BCUT2D eigenvalue weighted by Crippen LogP contribution is -2.47. The van der Waals surface area contributed by atoms with Crippen molar-refractivity contribution in [2.45, 2.75) is 38.0 Å². The van der Waals surface area contributed by atoms with Gasteiger partial charge in [0.15, 0.2) is 5.78 Å². The summed E-state index contributed by atoms with van der Waals surface area (Å²) in [5, 5.41) is 3.19. The number of hydrogen-bond donors (Lipinski definition) is 1. The molecule has 4 aliphatic carbocycles. The third kappa shape index (κ3) is 2.32. The Labute approximate surface area is 176 Å². The second kappa shape index (κ2) is 6.15. The first-order valence-electron chi connectivity index (χ1n) is 10.7. The molecular formula is C27H23NO2. The van der Waals surface area contributed by atoms with Gasteiger partial charge >= 0.3 is 0 Å². The molecule has 3 heteroatoms. The maximum Gasteiger partial charge on any atom is 0.231 e. The number of carbonyl (C=O) groups excluding carboxylic acids is 2. The van der Waals surface area contributed by atoms with Crippen LogP contribution in [0.4, 0.5) is 5.69 Å². The molecule has 1 amide bonds. The van der Waals surface area contributed by atoms with E-state index >= 15 is 0 Å². The maximum absolute atomic E-state index is 13.7. The first-order chi connectivity index (χ1) is 14.6. The van der Waals surface area contributed by atoms with Gasteiger partial charge in [-0.25, -0.2) is 0 Å². The van der Waals surface area contributed by atoms with Crippen molar-refractivity contribution in [1.29, 1.82) is 0 Å². The molecular weight excluding hydrogens is 370 g/mol. The summed E-state index contributed by atoms with van der Waals surface area (Å²) >= 11 is 0. The average Bonchev–Trinajstić information content (AvgIpc) is 3.14. The van der Waals surface area contributed by atoms with E-state index in [0.717, 1.165) is 29.7 Å². The lowest BCUT2D eigenvalue weighted by Gasteiger charge is -2.50. The zero-order chi connectivity index (χ0) is 20.5. The molecule has 0 saturated carbocycles. The Bertz CT molecular complexity index is 1180. The minimum Gasteiger partial charge on any atom is -0.326 e. The Kier molecular flexibility index (Phi) is 3.62. The summed E-state index contributed by atoms with van der Waals surface area (Å²) in [5.41, 5.74) is 7.40. The van der Waals surface area contributed by atoms with Crippen LogP contribution in [0.3, 0.4) is 0 Å². The minimum absolute atomic E-state index is 0.0471. The number of rotatable bonds is 2. The van der Waals surface area contributed by atoms with Crippen LogP contribution in [-0.2, 0) is 11.2 Å². The molecule has 3 aromatic rings. The summed E-state index contributed by atoms with van der Waals surface area (Å²) in [5.74, 6) is 0.556. The Hall–Kier alpha value is -3.20. The van der Waals surface area contributed by atoms with E-state index in [2.05, 4.69) is 60.8 Å². The number of hydrogen-bond acceptors (Lipinski definition) is 2. The van der Waals surface area contributed by atoms with Gasteiger partial charge in [-0.3, -0.25) is 9.59 Å². The summed E-state index contributed by atoms with van der Waals surface area (Å²) in [6.07, 6.45) is 2.14. The maximum atomic E-state index is 13.7. The number of ketones is 1. The number of carbonyl (C=O) groups is 2. The standard InChI is InChI=1S/C27H23NO2/c1-27(26(30)28-17-11-12-18-16(14-17)10-13-24(18)29)15-23-19-6-2-4-8-21(19)25(27)22-9-5-3-7-20(22)23/h2-9,11-12,14,23,25H,10,13,15H2,1H3,(H,28,30). The molecule has 3 aromatic carbocycles.